The average molecular weight is 406 g/mol. The molecule has 0 unspecified atom stereocenters. The molecule has 1 atom stereocenters. The molecule has 2 N–H and O–H groups in total. The summed E-state index contributed by atoms with van der Waals surface area (Å²) in [7, 11) is -1.35. The molecule has 0 saturated carbocycles. The summed E-state index contributed by atoms with van der Waals surface area (Å²) in [4.78, 5) is 36.0. The van der Waals surface area contributed by atoms with Gasteiger partial charge in [0.05, 0.1) is 27.8 Å². The number of benzene rings is 2. The molecule has 28 heavy (non-hydrogen) atoms. The first kappa shape index (κ1) is 21.2. The molecule has 0 aliphatic rings. The maximum atomic E-state index is 12.8. The standard InChI is InChI=1S/C19H19FN2O5S/c1-2-28(26)16-6-4-3-5-15(16)19(25)27-12-18(24)21-11-17(23)22-14-9-7-13(20)8-10-14/h3-10H,2,11-12H2,1H3,(H,21,24)(H,22,23)/t28-/m1/s1. The lowest BCUT2D eigenvalue weighted by Crippen LogP contribution is -2.35. The molecule has 9 heteroatoms. The fourth-order valence-corrected chi connectivity index (χ4v) is 3.10. The van der Waals surface area contributed by atoms with Crippen LogP contribution in [0.1, 0.15) is 17.3 Å². The van der Waals surface area contributed by atoms with Crippen LogP contribution in [0, 0.1) is 5.82 Å². The third-order valence-corrected chi connectivity index (χ3v) is 4.89. The Labute approximate surface area is 163 Å². The highest BCUT2D eigenvalue weighted by Crippen LogP contribution is 2.15. The molecule has 0 radical (unpaired) electrons. The molecular formula is C19H19FN2O5S. The number of nitrogens with one attached hydrogen (secondary N) is 2. The third kappa shape index (κ3) is 6.27. The van der Waals surface area contributed by atoms with E-state index in [0.29, 0.717) is 16.3 Å². The van der Waals surface area contributed by atoms with Crippen LogP contribution >= 0.6 is 0 Å². The quantitative estimate of drug-likeness (QED) is 0.652. The molecule has 2 aromatic carbocycles. The Kier molecular flexibility index (Phi) is 7.82. The number of amides is 2. The minimum Gasteiger partial charge on any atom is -0.452 e. The van der Waals surface area contributed by atoms with Crippen LogP contribution in [0.2, 0.25) is 0 Å². The van der Waals surface area contributed by atoms with Crippen LogP contribution < -0.4 is 10.6 Å². The Morgan fingerprint density at radius 3 is 2.39 bits per heavy atom. The van der Waals surface area contributed by atoms with E-state index in [1.54, 1.807) is 25.1 Å². The number of rotatable bonds is 8. The smallest absolute Gasteiger partial charge is 0.339 e. The van der Waals surface area contributed by atoms with Crippen molar-refractivity contribution in [1.82, 2.24) is 5.32 Å². The maximum absolute atomic E-state index is 12.8. The SMILES string of the molecule is CC[S@@](=O)c1ccccc1C(=O)OCC(=O)NCC(=O)Nc1ccc(F)cc1. The Balaban J connectivity index is 1.81. The van der Waals surface area contributed by atoms with Crippen molar-refractivity contribution < 1.29 is 27.7 Å². The van der Waals surface area contributed by atoms with E-state index in [1.807, 2.05) is 0 Å². The first-order valence-corrected chi connectivity index (χ1v) is 9.69. The molecule has 0 bridgehead atoms. The van der Waals surface area contributed by atoms with E-state index in [9.17, 15) is 23.0 Å². The summed E-state index contributed by atoms with van der Waals surface area (Å²) in [5.41, 5.74) is 0.511. The first-order valence-electron chi connectivity index (χ1n) is 8.37. The van der Waals surface area contributed by atoms with Gasteiger partial charge in [-0.15, -0.1) is 0 Å². The minimum atomic E-state index is -1.35. The zero-order chi connectivity index (χ0) is 20.5. The van der Waals surface area contributed by atoms with Gasteiger partial charge in [0.2, 0.25) is 5.91 Å². The molecule has 0 fully saturated rings. The van der Waals surface area contributed by atoms with Crippen molar-refractivity contribution in [3.05, 3.63) is 59.9 Å². The highest BCUT2D eigenvalue weighted by molar-refractivity contribution is 7.85. The van der Waals surface area contributed by atoms with Crippen molar-refractivity contribution in [1.29, 1.82) is 0 Å². The van der Waals surface area contributed by atoms with Gasteiger partial charge < -0.3 is 15.4 Å². The predicted octanol–water partition coefficient (Wildman–Crippen LogP) is 1.86. The minimum absolute atomic E-state index is 0.129. The predicted molar refractivity (Wildman–Crippen MR) is 102 cm³/mol. The van der Waals surface area contributed by atoms with Gasteiger partial charge in [-0.25, -0.2) is 9.18 Å². The number of halogens is 1. The van der Waals surface area contributed by atoms with E-state index < -0.39 is 41.0 Å². The van der Waals surface area contributed by atoms with Crippen molar-refractivity contribution in [3.63, 3.8) is 0 Å². The van der Waals surface area contributed by atoms with Crippen molar-refractivity contribution in [3.8, 4) is 0 Å². The Morgan fingerprint density at radius 1 is 1.04 bits per heavy atom. The number of anilines is 1. The van der Waals surface area contributed by atoms with E-state index in [1.165, 1.54) is 30.3 Å². The van der Waals surface area contributed by atoms with Crippen LogP contribution in [0.4, 0.5) is 10.1 Å². The lowest BCUT2D eigenvalue weighted by molar-refractivity contribution is -0.126. The molecule has 2 rings (SSSR count). The number of carbonyl (C=O) groups excluding carboxylic acids is 3. The summed E-state index contributed by atoms with van der Waals surface area (Å²) >= 11 is 0. The summed E-state index contributed by atoms with van der Waals surface area (Å²) < 4.78 is 29.7. The molecule has 0 aliphatic heterocycles. The normalized spacial score (nSPS) is 11.4. The fraction of sp³-hybridized carbons (Fsp3) is 0.211. The molecule has 2 amide bonds. The van der Waals surface area contributed by atoms with Crippen LogP contribution in [-0.4, -0.2) is 40.9 Å². The van der Waals surface area contributed by atoms with Crippen molar-refractivity contribution in [2.45, 2.75) is 11.8 Å². The molecule has 0 aromatic heterocycles. The zero-order valence-electron chi connectivity index (χ0n) is 15.1. The summed E-state index contributed by atoms with van der Waals surface area (Å²) in [6, 6.07) is 11.4. The topological polar surface area (TPSA) is 102 Å². The number of carbonyl (C=O) groups is 3. The largest absolute Gasteiger partial charge is 0.452 e. The van der Waals surface area contributed by atoms with E-state index in [0.717, 1.165) is 0 Å². The fourth-order valence-electron chi connectivity index (χ4n) is 2.17. The second kappa shape index (κ2) is 10.3. The van der Waals surface area contributed by atoms with Crippen molar-refractivity contribution in [2.24, 2.45) is 0 Å². The zero-order valence-corrected chi connectivity index (χ0v) is 15.9. The van der Waals surface area contributed by atoms with Gasteiger partial charge in [-0.05, 0) is 36.4 Å². The molecule has 2 aromatic rings. The summed E-state index contributed by atoms with van der Waals surface area (Å²) in [5, 5.41) is 4.79. The van der Waals surface area contributed by atoms with Crippen LogP contribution in [-0.2, 0) is 25.1 Å². The van der Waals surface area contributed by atoms with Gasteiger partial charge >= 0.3 is 5.97 Å². The average Bonchev–Trinajstić information content (AvgIpc) is 2.71. The highest BCUT2D eigenvalue weighted by Gasteiger charge is 2.17. The lowest BCUT2D eigenvalue weighted by atomic mass is 10.2. The lowest BCUT2D eigenvalue weighted by Gasteiger charge is -2.09. The number of hydrogen-bond acceptors (Lipinski definition) is 5. The van der Waals surface area contributed by atoms with Crippen molar-refractivity contribution in [2.75, 3.05) is 24.2 Å². The highest BCUT2D eigenvalue weighted by atomic mass is 32.2. The maximum Gasteiger partial charge on any atom is 0.339 e. The van der Waals surface area contributed by atoms with Crippen LogP contribution in [0.15, 0.2) is 53.4 Å². The van der Waals surface area contributed by atoms with Crippen molar-refractivity contribution >= 4 is 34.3 Å². The molecule has 7 nitrogen and oxygen atoms in total. The molecule has 0 saturated heterocycles. The van der Waals surface area contributed by atoms with Gasteiger partial charge in [-0.2, -0.15) is 0 Å². The van der Waals surface area contributed by atoms with Gasteiger partial charge in [0.1, 0.15) is 5.82 Å². The van der Waals surface area contributed by atoms with E-state index in [4.69, 9.17) is 4.74 Å². The van der Waals surface area contributed by atoms with E-state index in [-0.39, 0.29) is 12.1 Å². The van der Waals surface area contributed by atoms with Crippen LogP contribution in [0.3, 0.4) is 0 Å². The Morgan fingerprint density at radius 2 is 1.71 bits per heavy atom. The molecule has 0 spiro atoms. The summed E-state index contributed by atoms with van der Waals surface area (Å²) in [6.45, 7) is 0.794. The van der Waals surface area contributed by atoms with Gasteiger partial charge in [-0.3, -0.25) is 13.8 Å². The monoisotopic (exact) mass is 406 g/mol. The Bertz CT molecular complexity index is 886. The van der Waals surface area contributed by atoms with Gasteiger partial charge in [0, 0.05) is 11.4 Å². The Hall–Kier alpha value is -3.07. The van der Waals surface area contributed by atoms with E-state index in [2.05, 4.69) is 10.6 Å². The number of ether oxygens (including phenoxy) is 1. The first-order chi connectivity index (χ1) is 13.4. The van der Waals surface area contributed by atoms with E-state index >= 15 is 0 Å². The van der Waals surface area contributed by atoms with Gasteiger partial charge in [-0.1, -0.05) is 19.1 Å². The van der Waals surface area contributed by atoms with Crippen LogP contribution in [0.5, 0.6) is 0 Å². The molecule has 148 valence electrons. The van der Waals surface area contributed by atoms with Crippen LogP contribution in [0.25, 0.3) is 0 Å². The summed E-state index contributed by atoms with van der Waals surface area (Å²) in [5.74, 6) is -2.05. The number of hydrogen-bond donors (Lipinski definition) is 2. The second-order valence-electron chi connectivity index (χ2n) is 5.54. The van der Waals surface area contributed by atoms with Gasteiger partial charge in [0.15, 0.2) is 6.61 Å². The molecule has 0 aliphatic carbocycles. The number of esters is 1. The van der Waals surface area contributed by atoms with Gasteiger partial charge in [0.25, 0.3) is 5.91 Å². The molecular weight excluding hydrogens is 387 g/mol. The second-order valence-corrected chi connectivity index (χ2v) is 7.25. The third-order valence-electron chi connectivity index (χ3n) is 3.52. The summed E-state index contributed by atoms with van der Waals surface area (Å²) in [6.07, 6.45) is 0. The molecule has 0 heterocycles.